The summed E-state index contributed by atoms with van der Waals surface area (Å²) in [6.07, 6.45) is 1.56. The van der Waals surface area contributed by atoms with Crippen LogP contribution in [0.2, 0.25) is 0 Å². The monoisotopic (exact) mass is 220 g/mol. The zero-order valence-corrected chi connectivity index (χ0v) is 11.2. The third-order valence-electron chi connectivity index (χ3n) is 3.77. The van der Waals surface area contributed by atoms with Crippen LogP contribution in [-0.4, -0.2) is 10.7 Å². The van der Waals surface area contributed by atoms with Crippen molar-refractivity contribution in [2.45, 2.75) is 53.1 Å². The fraction of sp³-hybridized carbons (Fsp3) is 0.600. The highest BCUT2D eigenvalue weighted by molar-refractivity contribution is 5.30. The van der Waals surface area contributed by atoms with E-state index in [0.29, 0.717) is 5.92 Å². The largest absolute Gasteiger partial charge is 0.389 e. The molecule has 1 heteroatoms. The van der Waals surface area contributed by atoms with Crippen LogP contribution in [0, 0.1) is 19.8 Å². The van der Waals surface area contributed by atoms with E-state index in [1.807, 2.05) is 0 Å². The lowest BCUT2D eigenvalue weighted by atomic mass is 9.82. The van der Waals surface area contributed by atoms with Crippen molar-refractivity contribution in [1.82, 2.24) is 0 Å². The van der Waals surface area contributed by atoms with E-state index in [9.17, 15) is 5.11 Å². The van der Waals surface area contributed by atoms with Crippen molar-refractivity contribution in [2.75, 3.05) is 0 Å². The van der Waals surface area contributed by atoms with Crippen LogP contribution in [-0.2, 0) is 6.42 Å². The van der Waals surface area contributed by atoms with E-state index in [-0.39, 0.29) is 0 Å². The molecule has 0 fully saturated rings. The lowest BCUT2D eigenvalue weighted by Gasteiger charge is -2.31. The van der Waals surface area contributed by atoms with Gasteiger partial charge in [0.2, 0.25) is 0 Å². The minimum absolute atomic E-state index is 0.291. The number of hydrogen-bond acceptors (Lipinski definition) is 1. The maximum absolute atomic E-state index is 10.5. The zero-order chi connectivity index (χ0) is 12.3. The van der Waals surface area contributed by atoms with Crippen molar-refractivity contribution in [3.63, 3.8) is 0 Å². The number of aryl methyl sites for hydroxylation is 2. The van der Waals surface area contributed by atoms with Gasteiger partial charge in [-0.25, -0.2) is 0 Å². The Labute approximate surface area is 99.5 Å². The van der Waals surface area contributed by atoms with E-state index < -0.39 is 5.60 Å². The van der Waals surface area contributed by atoms with Gasteiger partial charge >= 0.3 is 0 Å². The van der Waals surface area contributed by atoms with Gasteiger partial charge in [0.1, 0.15) is 0 Å². The summed E-state index contributed by atoms with van der Waals surface area (Å²) in [4.78, 5) is 0. The molecule has 0 bridgehead atoms. The van der Waals surface area contributed by atoms with Crippen molar-refractivity contribution in [3.8, 4) is 0 Å². The predicted molar refractivity (Wildman–Crippen MR) is 69.7 cm³/mol. The highest BCUT2D eigenvalue weighted by Crippen LogP contribution is 2.26. The molecule has 0 radical (unpaired) electrons. The fourth-order valence-corrected chi connectivity index (χ4v) is 2.00. The Hall–Kier alpha value is -0.820. The smallest absolute Gasteiger partial charge is 0.0708 e. The van der Waals surface area contributed by atoms with Crippen LogP contribution < -0.4 is 0 Å². The van der Waals surface area contributed by atoms with Gasteiger partial charge in [-0.05, 0) is 42.9 Å². The van der Waals surface area contributed by atoms with Crippen LogP contribution in [0.5, 0.6) is 0 Å². The minimum Gasteiger partial charge on any atom is -0.389 e. The second-order valence-electron chi connectivity index (χ2n) is 5.21. The fourth-order valence-electron chi connectivity index (χ4n) is 2.00. The molecule has 1 aromatic carbocycles. The third kappa shape index (κ3) is 2.85. The van der Waals surface area contributed by atoms with Gasteiger partial charge in [0, 0.05) is 6.42 Å². The molecule has 0 saturated carbocycles. The standard InChI is InChI=1S/C15H24O/c1-6-15(16,11(2)3)10-14-8-7-12(4)13(5)9-14/h7-9,11,16H,6,10H2,1-5H3. The maximum atomic E-state index is 10.5. The summed E-state index contributed by atoms with van der Waals surface area (Å²) in [5.41, 5.74) is 3.29. The van der Waals surface area contributed by atoms with Gasteiger partial charge in [-0.2, -0.15) is 0 Å². The van der Waals surface area contributed by atoms with Crippen LogP contribution in [0.3, 0.4) is 0 Å². The first-order valence-corrected chi connectivity index (χ1v) is 6.17. The molecule has 1 nitrogen and oxygen atoms in total. The van der Waals surface area contributed by atoms with Gasteiger partial charge in [-0.15, -0.1) is 0 Å². The SMILES string of the molecule is CCC(O)(Cc1ccc(C)c(C)c1)C(C)C. The Kier molecular flexibility index (Phi) is 4.15. The van der Waals surface area contributed by atoms with E-state index in [0.717, 1.165) is 12.8 Å². The molecule has 1 unspecified atom stereocenters. The van der Waals surface area contributed by atoms with E-state index in [1.165, 1.54) is 16.7 Å². The predicted octanol–water partition coefficient (Wildman–Crippen LogP) is 3.64. The molecule has 0 spiro atoms. The molecule has 16 heavy (non-hydrogen) atoms. The molecule has 0 aliphatic heterocycles. The molecule has 1 atom stereocenters. The average Bonchev–Trinajstić information content (AvgIpc) is 2.23. The Morgan fingerprint density at radius 2 is 1.81 bits per heavy atom. The first-order valence-electron chi connectivity index (χ1n) is 6.17. The Morgan fingerprint density at radius 1 is 1.19 bits per heavy atom. The van der Waals surface area contributed by atoms with E-state index in [1.54, 1.807) is 0 Å². The molecule has 1 aromatic rings. The van der Waals surface area contributed by atoms with Crippen molar-refractivity contribution in [2.24, 2.45) is 5.92 Å². The highest BCUT2D eigenvalue weighted by Gasteiger charge is 2.28. The molecule has 0 saturated heterocycles. The Balaban J connectivity index is 2.90. The van der Waals surface area contributed by atoms with Crippen molar-refractivity contribution in [3.05, 3.63) is 34.9 Å². The van der Waals surface area contributed by atoms with Gasteiger partial charge in [0.05, 0.1) is 5.60 Å². The molecule has 0 heterocycles. The second kappa shape index (κ2) is 5.01. The van der Waals surface area contributed by atoms with Gasteiger partial charge in [-0.3, -0.25) is 0 Å². The molecule has 0 aliphatic rings. The summed E-state index contributed by atoms with van der Waals surface area (Å²) >= 11 is 0. The van der Waals surface area contributed by atoms with Crippen LogP contribution in [0.25, 0.3) is 0 Å². The van der Waals surface area contributed by atoms with Crippen LogP contribution in [0.4, 0.5) is 0 Å². The topological polar surface area (TPSA) is 20.2 Å². The summed E-state index contributed by atoms with van der Waals surface area (Å²) in [7, 11) is 0. The molecule has 0 aliphatic carbocycles. The maximum Gasteiger partial charge on any atom is 0.0708 e. The summed E-state index contributed by atoms with van der Waals surface area (Å²) < 4.78 is 0. The number of aliphatic hydroxyl groups is 1. The summed E-state index contributed by atoms with van der Waals surface area (Å²) in [6, 6.07) is 6.46. The molecular formula is C15H24O. The highest BCUT2D eigenvalue weighted by atomic mass is 16.3. The molecular weight excluding hydrogens is 196 g/mol. The molecule has 1 rings (SSSR count). The Bertz CT molecular complexity index is 354. The average molecular weight is 220 g/mol. The minimum atomic E-state index is -0.568. The zero-order valence-electron chi connectivity index (χ0n) is 11.2. The number of benzene rings is 1. The quantitative estimate of drug-likeness (QED) is 0.821. The van der Waals surface area contributed by atoms with Crippen molar-refractivity contribution < 1.29 is 5.11 Å². The van der Waals surface area contributed by atoms with E-state index in [2.05, 4.69) is 52.8 Å². The van der Waals surface area contributed by atoms with Crippen LogP contribution in [0.15, 0.2) is 18.2 Å². The van der Waals surface area contributed by atoms with Crippen LogP contribution in [0.1, 0.15) is 43.9 Å². The summed E-state index contributed by atoms with van der Waals surface area (Å²) in [5.74, 6) is 0.291. The molecule has 90 valence electrons. The Morgan fingerprint density at radius 3 is 2.25 bits per heavy atom. The summed E-state index contributed by atoms with van der Waals surface area (Å²) in [6.45, 7) is 10.5. The normalized spacial score (nSPS) is 15.2. The first kappa shape index (κ1) is 13.2. The van der Waals surface area contributed by atoms with E-state index in [4.69, 9.17) is 0 Å². The molecule has 0 aromatic heterocycles. The first-order chi connectivity index (χ1) is 7.39. The molecule has 1 N–H and O–H groups in total. The second-order valence-corrected chi connectivity index (χ2v) is 5.21. The lowest BCUT2D eigenvalue weighted by molar-refractivity contribution is -0.00829. The van der Waals surface area contributed by atoms with Gasteiger partial charge in [0.15, 0.2) is 0 Å². The van der Waals surface area contributed by atoms with E-state index >= 15 is 0 Å². The van der Waals surface area contributed by atoms with Crippen molar-refractivity contribution in [1.29, 1.82) is 0 Å². The van der Waals surface area contributed by atoms with Gasteiger partial charge in [-0.1, -0.05) is 39.0 Å². The third-order valence-corrected chi connectivity index (χ3v) is 3.77. The molecule has 0 amide bonds. The summed E-state index contributed by atoms with van der Waals surface area (Å²) in [5, 5.41) is 10.5. The van der Waals surface area contributed by atoms with Crippen LogP contribution >= 0.6 is 0 Å². The van der Waals surface area contributed by atoms with Gasteiger partial charge < -0.3 is 5.11 Å². The number of rotatable bonds is 4. The van der Waals surface area contributed by atoms with Gasteiger partial charge in [0.25, 0.3) is 0 Å². The van der Waals surface area contributed by atoms with Crippen molar-refractivity contribution >= 4 is 0 Å². The lowest BCUT2D eigenvalue weighted by Crippen LogP contribution is -2.36. The number of hydrogen-bond donors (Lipinski definition) is 1.